The van der Waals surface area contributed by atoms with Crippen LogP contribution in [-0.4, -0.2) is 52.5 Å². The van der Waals surface area contributed by atoms with Crippen LogP contribution in [0.3, 0.4) is 0 Å². The molecule has 0 aromatic heterocycles. The highest BCUT2D eigenvalue weighted by Gasteiger charge is 2.27. The average Bonchev–Trinajstić information content (AvgIpc) is 2.72. The number of benzene rings is 2. The Bertz CT molecular complexity index is 1090. The number of halogens is 1. The van der Waals surface area contributed by atoms with Crippen molar-refractivity contribution in [3.05, 3.63) is 53.3 Å². The number of anilines is 1. The molecule has 1 saturated heterocycles. The van der Waals surface area contributed by atoms with Crippen LogP contribution in [0.5, 0.6) is 5.75 Å². The molecule has 2 aromatic carbocycles. The molecule has 1 aliphatic heterocycles. The van der Waals surface area contributed by atoms with Crippen LogP contribution >= 0.6 is 0 Å². The number of rotatable bonds is 4. The summed E-state index contributed by atoms with van der Waals surface area (Å²) < 4.78 is 42.3. The van der Waals surface area contributed by atoms with Crippen LogP contribution in [0.4, 0.5) is 10.1 Å². The zero-order valence-electron chi connectivity index (χ0n) is 15.6. The van der Waals surface area contributed by atoms with E-state index in [1.807, 2.05) is 11.0 Å². The minimum atomic E-state index is -3.97. The fourth-order valence-corrected chi connectivity index (χ4v) is 3.78. The number of ether oxygens (including phenoxy) is 1. The zero-order chi connectivity index (χ0) is 21.2. The molecule has 3 rings (SSSR count). The lowest BCUT2D eigenvalue weighted by molar-refractivity contribution is 0.0743. The molecule has 2 N–H and O–H groups in total. The van der Waals surface area contributed by atoms with Gasteiger partial charge in [-0.05, 0) is 30.3 Å². The number of methoxy groups -OCH3 is 1. The molecule has 1 heterocycles. The molecule has 2 aromatic rings. The topological polar surface area (TPSA) is 117 Å². The Balaban J connectivity index is 1.81. The highest BCUT2D eigenvalue weighted by atomic mass is 32.2. The fourth-order valence-electron chi connectivity index (χ4n) is 3.24. The van der Waals surface area contributed by atoms with Gasteiger partial charge in [-0.1, -0.05) is 6.07 Å². The third kappa shape index (κ3) is 4.16. The van der Waals surface area contributed by atoms with Gasteiger partial charge in [0.15, 0.2) is 0 Å². The van der Waals surface area contributed by atoms with Gasteiger partial charge in [-0.15, -0.1) is 0 Å². The van der Waals surface area contributed by atoms with Crippen LogP contribution in [0.25, 0.3) is 0 Å². The van der Waals surface area contributed by atoms with E-state index in [-0.39, 0.29) is 21.8 Å². The van der Waals surface area contributed by atoms with Gasteiger partial charge in [0.1, 0.15) is 23.2 Å². The quantitative estimate of drug-likeness (QED) is 0.800. The van der Waals surface area contributed by atoms with Crippen molar-refractivity contribution in [3.63, 3.8) is 0 Å². The first kappa shape index (κ1) is 20.6. The van der Waals surface area contributed by atoms with Crippen molar-refractivity contribution in [1.82, 2.24) is 4.90 Å². The molecule has 1 fully saturated rings. The third-order valence-corrected chi connectivity index (χ3v) is 5.65. The van der Waals surface area contributed by atoms with Crippen molar-refractivity contribution in [1.29, 1.82) is 5.26 Å². The van der Waals surface area contributed by atoms with Gasteiger partial charge in [-0.25, -0.2) is 17.9 Å². The summed E-state index contributed by atoms with van der Waals surface area (Å²) in [6.07, 6.45) is 0. The third-order valence-electron chi connectivity index (χ3n) is 4.74. The second-order valence-corrected chi connectivity index (χ2v) is 7.99. The summed E-state index contributed by atoms with van der Waals surface area (Å²) in [5.74, 6) is -0.749. The molecule has 0 radical (unpaired) electrons. The number of carbonyl (C=O) groups excluding carboxylic acids is 1. The highest BCUT2D eigenvalue weighted by Crippen LogP contribution is 2.26. The molecule has 152 valence electrons. The molecule has 0 aliphatic carbocycles. The van der Waals surface area contributed by atoms with Gasteiger partial charge in [0.25, 0.3) is 5.91 Å². The molecule has 10 heteroatoms. The van der Waals surface area contributed by atoms with E-state index in [2.05, 4.69) is 0 Å². The molecule has 0 saturated carbocycles. The zero-order valence-corrected chi connectivity index (χ0v) is 16.4. The second-order valence-electron chi connectivity index (χ2n) is 6.43. The predicted molar refractivity (Wildman–Crippen MR) is 104 cm³/mol. The van der Waals surface area contributed by atoms with Crippen molar-refractivity contribution >= 4 is 21.6 Å². The van der Waals surface area contributed by atoms with Gasteiger partial charge in [0.2, 0.25) is 10.0 Å². The Morgan fingerprint density at radius 1 is 1.21 bits per heavy atom. The van der Waals surface area contributed by atoms with E-state index in [1.54, 1.807) is 11.0 Å². The number of nitrogens with two attached hydrogens (primary N) is 1. The largest absolute Gasteiger partial charge is 0.496 e. The van der Waals surface area contributed by atoms with E-state index in [0.717, 1.165) is 0 Å². The molecule has 0 unspecified atom stereocenters. The summed E-state index contributed by atoms with van der Waals surface area (Å²) in [4.78, 5) is 16.2. The lowest BCUT2D eigenvalue weighted by atomic mass is 10.1. The SMILES string of the molecule is COc1ccc(S(N)(=O)=O)cc1C(=O)N1CCN(c2cccc(F)c2C#N)CC1. The summed E-state index contributed by atoms with van der Waals surface area (Å²) in [5.41, 5.74) is 0.541. The van der Waals surface area contributed by atoms with Gasteiger partial charge in [0.05, 0.1) is 23.3 Å². The van der Waals surface area contributed by atoms with E-state index in [4.69, 9.17) is 9.88 Å². The normalized spacial score (nSPS) is 14.4. The van der Waals surface area contributed by atoms with Crippen LogP contribution in [0, 0.1) is 17.1 Å². The summed E-state index contributed by atoms with van der Waals surface area (Å²) >= 11 is 0. The summed E-state index contributed by atoms with van der Waals surface area (Å²) in [6.45, 7) is 1.40. The number of amides is 1. The van der Waals surface area contributed by atoms with Gasteiger partial charge in [-0.3, -0.25) is 4.79 Å². The van der Waals surface area contributed by atoms with Gasteiger partial charge < -0.3 is 14.5 Å². The first-order valence-corrected chi connectivity index (χ1v) is 10.2. The maximum Gasteiger partial charge on any atom is 0.257 e. The Morgan fingerprint density at radius 2 is 1.90 bits per heavy atom. The number of nitrogens with zero attached hydrogens (tertiary/aromatic N) is 3. The van der Waals surface area contributed by atoms with Crippen LogP contribution < -0.4 is 14.8 Å². The maximum atomic E-state index is 13.9. The first-order valence-electron chi connectivity index (χ1n) is 8.70. The van der Waals surface area contributed by atoms with Gasteiger partial charge >= 0.3 is 0 Å². The highest BCUT2D eigenvalue weighted by molar-refractivity contribution is 7.89. The fraction of sp³-hybridized carbons (Fsp3) is 0.263. The lowest BCUT2D eigenvalue weighted by Crippen LogP contribution is -2.49. The minimum absolute atomic E-state index is 0.0326. The van der Waals surface area contributed by atoms with Crippen molar-refractivity contribution < 1.29 is 22.3 Å². The number of hydrogen-bond donors (Lipinski definition) is 1. The van der Waals surface area contributed by atoms with E-state index in [1.165, 1.54) is 37.4 Å². The first-order chi connectivity index (χ1) is 13.8. The number of carbonyl (C=O) groups is 1. The van der Waals surface area contributed by atoms with Crippen LogP contribution in [0.1, 0.15) is 15.9 Å². The number of piperazine rings is 1. The maximum absolute atomic E-state index is 13.9. The number of nitriles is 1. The average molecular weight is 418 g/mol. The molecule has 0 bridgehead atoms. The van der Waals surface area contributed by atoms with Crippen molar-refractivity contribution in [2.75, 3.05) is 38.2 Å². The Hall–Kier alpha value is -3.16. The summed E-state index contributed by atoms with van der Waals surface area (Å²) in [7, 11) is -2.59. The Kier molecular flexibility index (Phi) is 5.72. The number of primary sulfonamides is 1. The molecular weight excluding hydrogens is 399 g/mol. The lowest BCUT2D eigenvalue weighted by Gasteiger charge is -2.36. The Labute approximate surface area is 167 Å². The van der Waals surface area contributed by atoms with Crippen molar-refractivity contribution in [3.8, 4) is 11.8 Å². The molecule has 29 heavy (non-hydrogen) atoms. The van der Waals surface area contributed by atoms with E-state index >= 15 is 0 Å². The second kappa shape index (κ2) is 8.06. The van der Waals surface area contributed by atoms with Crippen molar-refractivity contribution in [2.24, 2.45) is 5.14 Å². The van der Waals surface area contributed by atoms with Crippen LogP contribution in [-0.2, 0) is 10.0 Å². The Morgan fingerprint density at radius 3 is 2.48 bits per heavy atom. The molecule has 8 nitrogen and oxygen atoms in total. The molecule has 0 atom stereocenters. The molecule has 0 spiro atoms. The van der Waals surface area contributed by atoms with E-state index < -0.39 is 21.7 Å². The number of sulfonamides is 1. The molecular formula is C19H19FN4O4S. The van der Waals surface area contributed by atoms with Crippen LogP contribution in [0.15, 0.2) is 41.3 Å². The van der Waals surface area contributed by atoms with E-state index in [9.17, 15) is 22.9 Å². The minimum Gasteiger partial charge on any atom is -0.496 e. The molecule has 1 amide bonds. The van der Waals surface area contributed by atoms with E-state index in [0.29, 0.717) is 31.9 Å². The van der Waals surface area contributed by atoms with Gasteiger partial charge in [-0.2, -0.15) is 5.26 Å². The van der Waals surface area contributed by atoms with Gasteiger partial charge in [0, 0.05) is 26.2 Å². The summed E-state index contributed by atoms with van der Waals surface area (Å²) in [5, 5.41) is 14.4. The standard InChI is InChI=1S/C19H19FN4O4S/c1-28-18-6-5-13(29(22,26)27)11-14(18)19(25)24-9-7-23(8-10-24)17-4-2-3-16(20)15(17)12-21/h2-6,11H,7-10H2,1H3,(H2,22,26,27). The predicted octanol–water partition coefficient (Wildman–Crippen LogP) is 1.32. The monoisotopic (exact) mass is 418 g/mol. The smallest absolute Gasteiger partial charge is 0.257 e. The summed E-state index contributed by atoms with van der Waals surface area (Å²) in [6, 6.07) is 10.2. The molecule has 1 aliphatic rings. The number of hydrogen-bond acceptors (Lipinski definition) is 6. The van der Waals surface area contributed by atoms with Crippen LogP contribution in [0.2, 0.25) is 0 Å². The van der Waals surface area contributed by atoms with Crippen molar-refractivity contribution in [2.45, 2.75) is 4.90 Å².